The Labute approximate surface area is 117 Å². The van der Waals surface area contributed by atoms with Gasteiger partial charge in [0, 0.05) is 6.04 Å². The average molecular weight is 267 g/mol. The largest absolute Gasteiger partial charge is 0.383 e. The van der Waals surface area contributed by atoms with Gasteiger partial charge in [-0.3, -0.25) is 4.79 Å². The van der Waals surface area contributed by atoms with Gasteiger partial charge >= 0.3 is 0 Å². The van der Waals surface area contributed by atoms with Crippen LogP contribution in [0, 0.1) is 22.7 Å². The number of aliphatic hydroxyl groups is 1. The van der Waals surface area contributed by atoms with E-state index in [1.54, 1.807) is 0 Å². The standard InChI is InChI=1S/C16H29NO2/c1-6-10(2)13(18)14(19)17-12-9-11-7-8-16(12,5)15(11,3)4/h10-13,18H,6-9H2,1-5H3,(H,17,19)/t10-,11+,12-,13-,16-/m1/s1. The fraction of sp³-hybridized carbons (Fsp3) is 0.938. The fourth-order valence-electron chi connectivity index (χ4n) is 4.16. The molecule has 2 fully saturated rings. The summed E-state index contributed by atoms with van der Waals surface area (Å²) in [4.78, 5) is 12.2. The highest BCUT2D eigenvalue weighted by Gasteiger charge is 2.61. The normalized spacial score (nSPS) is 39.1. The lowest BCUT2D eigenvalue weighted by molar-refractivity contribution is -0.133. The first-order valence-corrected chi connectivity index (χ1v) is 7.72. The predicted octanol–water partition coefficient (Wildman–Crippen LogP) is 2.72. The maximum atomic E-state index is 12.2. The molecule has 19 heavy (non-hydrogen) atoms. The molecule has 0 aromatic rings. The van der Waals surface area contributed by atoms with Crippen LogP contribution in [0.15, 0.2) is 0 Å². The summed E-state index contributed by atoms with van der Waals surface area (Å²) in [5.74, 6) is 0.562. The monoisotopic (exact) mass is 267 g/mol. The molecule has 0 spiro atoms. The maximum absolute atomic E-state index is 12.2. The number of carbonyl (C=O) groups is 1. The Bertz CT molecular complexity index is 366. The molecule has 2 rings (SSSR count). The first kappa shape index (κ1) is 14.8. The number of aliphatic hydroxyl groups excluding tert-OH is 1. The lowest BCUT2D eigenvalue weighted by Crippen LogP contribution is -2.50. The minimum Gasteiger partial charge on any atom is -0.383 e. The van der Waals surface area contributed by atoms with Crippen LogP contribution in [0.4, 0.5) is 0 Å². The summed E-state index contributed by atoms with van der Waals surface area (Å²) in [5, 5.41) is 13.2. The van der Waals surface area contributed by atoms with E-state index in [0.717, 1.165) is 12.8 Å². The van der Waals surface area contributed by atoms with E-state index < -0.39 is 6.10 Å². The highest BCUT2D eigenvalue weighted by atomic mass is 16.3. The Kier molecular flexibility index (Phi) is 3.72. The Morgan fingerprint density at radius 2 is 2.05 bits per heavy atom. The Morgan fingerprint density at radius 3 is 2.47 bits per heavy atom. The smallest absolute Gasteiger partial charge is 0.249 e. The summed E-state index contributed by atoms with van der Waals surface area (Å²) in [6, 6.07) is 0.229. The summed E-state index contributed by atoms with van der Waals surface area (Å²) < 4.78 is 0. The average Bonchev–Trinajstić information content (AvgIpc) is 2.69. The summed E-state index contributed by atoms with van der Waals surface area (Å²) in [5.41, 5.74) is 0.481. The maximum Gasteiger partial charge on any atom is 0.249 e. The van der Waals surface area contributed by atoms with Crippen LogP contribution in [0.2, 0.25) is 0 Å². The molecule has 3 nitrogen and oxygen atoms in total. The lowest BCUT2D eigenvalue weighted by atomic mass is 9.69. The Balaban J connectivity index is 2.04. The van der Waals surface area contributed by atoms with E-state index in [1.807, 2.05) is 13.8 Å². The van der Waals surface area contributed by atoms with Crippen molar-refractivity contribution < 1.29 is 9.90 Å². The van der Waals surface area contributed by atoms with Gasteiger partial charge in [0.15, 0.2) is 0 Å². The van der Waals surface area contributed by atoms with Crippen LogP contribution in [0.1, 0.15) is 60.3 Å². The Morgan fingerprint density at radius 1 is 1.42 bits per heavy atom. The van der Waals surface area contributed by atoms with Crippen molar-refractivity contribution in [2.45, 2.75) is 72.4 Å². The first-order valence-electron chi connectivity index (χ1n) is 7.72. The minimum atomic E-state index is -0.865. The molecule has 3 heteroatoms. The van der Waals surface area contributed by atoms with Crippen LogP contribution < -0.4 is 5.32 Å². The molecular weight excluding hydrogens is 238 g/mol. The van der Waals surface area contributed by atoms with Crippen molar-refractivity contribution in [2.75, 3.05) is 0 Å². The lowest BCUT2D eigenvalue weighted by Gasteiger charge is -2.39. The fourth-order valence-corrected chi connectivity index (χ4v) is 4.16. The van der Waals surface area contributed by atoms with Crippen molar-refractivity contribution in [1.82, 2.24) is 5.32 Å². The molecule has 0 aromatic heterocycles. The molecule has 0 saturated heterocycles. The van der Waals surface area contributed by atoms with Crippen LogP contribution in [-0.2, 0) is 4.79 Å². The molecule has 110 valence electrons. The van der Waals surface area contributed by atoms with E-state index in [0.29, 0.717) is 11.3 Å². The number of rotatable bonds is 4. The summed E-state index contributed by atoms with van der Waals surface area (Å²) in [6.07, 6.45) is 3.50. The third-order valence-electron chi connectivity index (χ3n) is 6.56. The molecule has 0 aliphatic heterocycles. The zero-order chi connectivity index (χ0) is 14.4. The zero-order valence-corrected chi connectivity index (χ0v) is 13.0. The molecule has 2 aliphatic rings. The topological polar surface area (TPSA) is 49.3 Å². The van der Waals surface area contributed by atoms with Crippen molar-refractivity contribution in [3.63, 3.8) is 0 Å². The molecule has 0 unspecified atom stereocenters. The van der Waals surface area contributed by atoms with Gasteiger partial charge in [-0.1, -0.05) is 41.0 Å². The molecule has 0 aromatic carbocycles. The second kappa shape index (κ2) is 4.76. The highest BCUT2D eigenvalue weighted by Crippen LogP contribution is 2.65. The quantitative estimate of drug-likeness (QED) is 0.823. The number of nitrogens with one attached hydrogen (secondary N) is 1. The van der Waals surface area contributed by atoms with E-state index in [1.165, 1.54) is 12.8 Å². The molecule has 2 bridgehead atoms. The molecule has 0 heterocycles. The molecule has 2 N–H and O–H groups in total. The molecule has 0 radical (unpaired) electrons. The number of hydrogen-bond acceptors (Lipinski definition) is 2. The van der Waals surface area contributed by atoms with Gasteiger partial charge in [-0.2, -0.15) is 0 Å². The molecule has 2 aliphatic carbocycles. The van der Waals surface area contributed by atoms with Gasteiger partial charge in [0.05, 0.1) is 0 Å². The summed E-state index contributed by atoms with van der Waals surface area (Å²) >= 11 is 0. The first-order chi connectivity index (χ1) is 8.74. The van der Waals surface area contributed by atoms with E-state index in [2.05, 4.69) is 26.1 Å². The second-order valence-corrected chi connectivity index (χ2v) is 7.50. The van der Waals surface area contributed by atoms with Crippen LogP contribution in [0.5, 0.6) is 0 Å². The second-order valence-electron chi connectivity index (χ2n) is 7.50. The highest BCUT2D eigenvalue weighted by molar-refractivity contribution is 5.81. The summed E-state index contributed by atoms with van der Waals surface area (Å²) in [6.45, 7) is 10.9. The van der Waals surface area contributed by atoms with Crippen LogP contribution in [0.3, 0.4) is 0 Å². The van der Waals surface area contributed by atoms with Crippen LogP contribution in [-0.4, -0.2) is 23.2 Å². The van der Waals surface area contributed by atoms with Gasteiger partial charge in [0.25, 0.3) is 0 Å². The predicted molar refractivity (Wildman–Crippen MR) is 76.6 cm³/mol. The zero-order valence-electron chi connectivity index (χ0n) is 13.0. The van der Waals surface area contributed by atoms with Crippen molar-refractivity contribution in [2.24, 2.45) is 22.7 Å². The number of hydrogen-bond donors (Lipinski definition) is 2. The van der Waals surface area contributed by atoms with E-state index in [4.69, 9.17) is 0 Å². The Hall–Kier alpha value is -0.570. The van der Waals surface area contributed by atoms with Gasteiger partial charge < -0.3 is 10.4 Å². The number of carbonyl (C=O) groups excluding carboxylic acids is 1. The van der Waals surface area contributed by atoms with E-state index in [-0.39, 0.29) is 23.3 Å². The molecule has 5 atom stereocenters. The van der Waals surface area contributed by atoms with Crippen molar-refractivity contribution in [3.8, 4) is 0 Å². The van der Waals surface area contributed by atoms with Gasteiger partial charge in [0.2, 0.25) is 5.91 Å². The van der Waals surface area contributed by atoms with Crippen LogP contribution >= 0.6 is 0 Å². The third kappa shape index (κ3) is 2.10. The number of fused-ring (bicyclic) bond motifs is 2. The third-order valence-corrected chi connectivity index (χ3v) is 6.56. The van der Waals surface area contributed by atoms with Crippen LogP contribution in [0.25, 0.3) is 0 Å². The number of amides is 1. The van der Waals surface area contributed by atoms with Crippen molar-refractivity contribution >= 4 is 5.91 Å². The molecule has 2 saturated carbocycles. The van der Waals surface area contributed by atoms with Crippen molar-refractivity contribution in [1.29, 1.82) is 0 Å². The van der Waals surface area contributed by atoms with Gasteiger partial charge in [-0.05, 0) is 41.9 Å². The summed E-state index contributed by atoms with van der Waals surface area (Å²) in [7, 11) is 0. The molecule has 1 amide bonds. The van der Waals surface area contributed by atoms with Gasteiger partial charge in [-0.15, -0.1) is 0 Å². The van der Waals surface area contributed by atoms with E-state index in [9.17, 15) is 9.90 Å². The van der Waals surface area contributed by atoms with Gasteiger partial charge in [-0.25, -0.2) is 0 Å². The van der Waals surface area contributed by atoms with Gasteiger partial charge in [0.1, 0.15) is 6.10 Å². The minimum absolute atomic E-state index is 0.0272. The molecular formula is C16H29NO2. The van der Waals surface area contributed by atoms with Crippen molar-refractivity contribution in [3.05, 3.63) is 0 Å². The SMILES string of the molecule is CC[C@@H](C)[C@@H](O)C(=O)N[C@@H]1C[C@@H]2CC[C@@]1(C)C2(C)C. The van der Waals surface area contributed by atoms with E-state index >= 15 is 0 Å².